The van der Waals surface area contributed by atoms with Crippen LogP contribution in [0.3, 0.4) is 0 Å². The van der Waals surface area contributed by atoms with Crippen molar-refractivity contribution in [1.29, 1.82) is 0 Å². The molecule has 0 N–H and O–H groups in total. The molecule has 2 aliphatic heterocycles. The van der Waals surface area contributed by atoms with Gasteiger partial charge in [-0.25, -0.2) is 0 Å². The lowest BCUT2D eigenvalue weighted by atomic mass is 9.80. The Hall–Kier alpha value is -1.55. The predicted octanol–water partition coefficient (Wildman–Crippen LogP) is 3.24. The lowest BCUT2D eigenvalue weighted by molar-refractivity contribution is -0.129. The number of hydrogen-bond donors (Lipinski definition) is 0. The number of hydrogen-bond acceptors (Lipinski definition) is 4. The molecule has 23 heavy (non-hydrogen) atoms. The van der Waals surface area contributed by atoms with Gasteiger partial charge in [-0.15, -0.1) is 0 Å². The van der Waals surface area contributed by atoms with Gasteiger partial charge < -0.3 is 9.47 Å². The van der Waals surface area contributed by atoms with Crippen molar-refractivity contribution >= 4 is 5.78 Å². The number of benzene rings is 1. The van der Waals surface area contributed by atoms with Gasteiger partial charge in [-0.05, 0) is 42.0 Å². The number of piperidine rings is 1. The van der Waals surface area contributed by atoms with Crippen LogP contribution in [0.4, 0.5) is 0 Å². The number of carbonyl (C=O) groups is 1. The van der Waals surface area contributed by atoms with Gasteiger partial charge in [-0.2, -0.15) is 0 Å². The van der Waals surface area contributed by atoms with Crippen molar-refractivity contribution in [3.8, 4) is 11.5 Å². The zero-order valence-electron chi connectivity index (χ0n) is 17.1. The third kappa shape index (κ3) is 3.09. The molecule has 0 bridgehead atoms. The highest BCUT2D eigenvalue weighted by molar-refractivity contribution is 5.83. The molecule has 0 amide bonds. The summed E-state index contributed by atoms with van der Waals surface area (Å²) >= 11 is 0. The maximum absolute atomic E-state index is 12.6. The summed E-state index contributed by atoms with van der Waals surface area (Å²) in [7, 11) is -1.02. The molecule has 1 aromatic rings. The van der Waals surface area contributed by atoms with Crippen molar-refractivity contribution in [2.45, 2.75) is 39.2 Å². The van der Waals surface area contributed by atoms with Gasteiger partial charge in [0.1, 0.15) is 5.78 Å². The lowest BCUT2D eigenvalue weighted by Gasteiger charge is -2.43. The number of ether oxygens (including phenoxy) is 2. The van der Waals surface area contributed by atoms with E-state index in [0.29, 0.717) is 23.9 Å². The topological polar surface area (TPSA) is 38.8 Å². The number of carbonyl (C=O) groups excluding carboxylic acids is 1. The molecule has 2 aliphatic rings. The van der Waals surface area contributed by atoms with Crippen LogP contribution in [0.25, 0.3) is 0 Å². The minimum atomic E-state index is -2.52. The zero-order chi connectivity index (χ0) is 19.1. The van der Waals surface area contributed by atoms with Crippen LogP contribution in [-0.2, 0) is 11.2 Å². The van der Waals surface area contributed by atoms with Crippen LogP contribution in [0.2, 0.25) is 0 Å². The molecule has 0 spiro atoms. The summed E-state index contributed by atoms with van der Waals surface area (Å²) in [5.74, 6) is 1.60. The first-order chi connectivity index (χ1) is 12.2. The van der Waals surface area contributed by atoms with Crippen LogP contribution < -0.4 is 9.47 Å². The molecule has 2 heterocycles. The van der Waals surface area contributed by atoms with Gasteiger partial charge in [0.15, 0.2) is 11.5 Å². The second-order valence-electron chi connectivity index (χ2n) is 7.06. The molecule has 3 rings (SSSR count). The van der Waals surface area contributed by atoms with E-state index in [0.717, 1.165) is 37.1 Å². The Labute approximate surface area is 143 Å². The number of nitrogens with zero attached hydrogens (tertiary/aromatic N) is 1. The molecule has 0 aliphatic carbocycles. The Morgan fingerprint density at radius 3 is 2.83 bits per heavy atom. The molecule has 1 saturated heterocycles. The summed E-state index contributed by atoms with van der Waals surface area (Å²) < 4.78 is 32.5. The van der Waals surface area contributed by atoms with E-state index in [4.69, 9.17) is 13.6 Å². The van der Waals surface area contributed by atoms with Crippen LogP contribution in [-0.4, -0.2) is 37.9 Å². The quantitative estimate of drug-likeness (QED) is 0.854. The highest BCUT2D eigenvalue weighted by Gasteiger charge is 2.38. The van der Waals surface area contributed by atoms with E-state index in [9.17, 15) is 4.79 Å². The van der Waals surface area contributed by atoms with Crippen LogP contribution in [0.1, 0.15) is 48.0 Å². The van der Waals surface area contributed by atoms with E-state index >= 15 is 0 Å². The molecular formula is C19H27NO3. The molecule has 126 valence electrons. The predicted molar refractivity (Wildman–Crippen MR) is 90.1 cm³/mol. The Bertz CT molecular complexity index is 687. The second-order valence-corrected chi connectivity index (χ2v) is 7.06. The Morgan fingerprint density at radius 2 is 2.13 bits per heavy atom. The van der Waals surface area contributed by atoms with E-state index in [1.807, 2.05) is 6.07 Å². The summed E-state index contributed by atoms with van der Waals surface area (Å²) in [4.78, 5) is 15.0. The average Bonchev–Trinajstić information content (AvgIpc) is 2.53. The lowest BCUT2D eigenvalue weighted by Crippen LogP contribution is -2.46. The van der Waals surface area contributed by atoms with Gasteiger partial charge in [-0.3, -0.25) is 9.69 Å². The van der Waals surface area contributed by atoms with Gasteiger partial charge in [0.25, 0.3) is 0 Å². The van der Waals surface area contributed by atoms with Crippen molar-refractivity contribution in [3.63, 3.8) is 0 Å². The SMILES string of the molecule is [2H]C([2H])([2H])Oc1cc2c(cc1OC)C1CC(=O)C(CC(C)C)CN1CC2. The molecule has 1 aromatic carbocycles. The highest BCUT2D eigenvalue weighted by Crippen LogP contribution is 2.42. The van der Waals surface area contributed by atoms with Crippen molar-refractivity contribution in [3.05, 3.63) is 23.3 Å². The first-order valence-corrected chi connectivity index (χ1v) is 8.34. The summed E-state index contributed by atoms with van der Waals surface area (Å²) in [5.41, 5.74) is 2.10. The zero-order valence-corrected chi connectivity index (χ0v) is 14.1. The minimum Gasteiger partial charge on any atom is -0.493 e. The molecule has 0 aromatic heterocycles. The number of fused-ring (bicyclic) bond motifs is 3. The van der Waals surface area contributed by atoms with Crippen LogP contribution >= 0.6 is 0 Å². The summed E-state index contributed by atoms with van der Waals surface area (Å²) in [5, 5.41) is 0. The summed E-state index contributed by atoms with van der Waals surface area (Å²) in [6.45, 7) is 5.99. The van der Waals surface area contributed by atoms with Crippen LogP contribution in [0, 0.1) is 11.8 Å². The Balaban J connectivity index is 1.88. The fraction of sp³-hybridized carbons (Fsp3) is 0.632. The molecule has 1 fully saturated rings. The van der Waals surface area contributed by atoms with E-state index in [1.54, 1.807) is 6.07 Å². The third-order valence-electron chi connectivity index (χ3n) is 5.06. The summed E-state index contributed by atoms with van der Waals surface area (Å²) in [6, 6.07) is 3.66. The third-order valence-corrected chi connectivity index (χ3v) is 5.06. The fourth-order valence-electron chi connectivity index (χ4n) is 3.98. The van der Waals surface area contributed by atoms with Crippen molar-refractivity contribution in [1.82, 2.24) is 4.90 Å². The largest absolute Gasteiger partial charge is 0.493 e. The van der Waals surface area contributed by atoms with E-state index < -0.39 is 7.04 Å². The summed E-state index contributed by atoms with van der Waals surface area (Å²) in [6.07, 6.45) is 2.26. The number of methoxy groups -OCH3 is 2. The Kier molecular flexibility index (Phi) is 3.63. The molecule has 4 nitrogen and oxygen atoms in total. The smallest absolute Gasteiger partial charge is 0.161 e. The second kappa shape index (κ2) is 6.52. The molecule has 0 saturated carbocycles. The standard InChI is InChI=1S/C19H27NO3/c1-12(2)7-14-11-20-6-5-13-8-18(22-3)19(23-4)9-15(13)16(20)10-17(14)21/h8-9,12,14,16H,5-7,10-11H2,1-4H3/i3D3. The molecule has 4 heteroatoms. The number of ketones is 1. The molecular weight excluding hydrogens is 290 g/mol. The highest BCUT2D eigenvalue weighted by atomic mass is 16.5. The normalized spacial score (nSPS) is 26.8. The monoisotopic (exact) mass is 320 g/mol. The number of rotatable bonds is 4. The van der Waals surface area contributed by atoms with Crippen LogP contribution in [0.5, 0.6) is 11.5 Å². The van der Waals surface area contributed by atoms with Crippen molar-refractivity contribution < 1.29 is 18.4 Å². The van der Waals surface area contributed by atoms with Gasteiger partial charge >= 0.3 is 0 Å². The van der Waals surface area contributed by atoms with Gasteiger partial charge in [0.2, 0.25) is 0 Å². The maximum atomic E-state index is 12.6. The van der Waals surface area contributed by atoms with E-state index in [2.05, 4.69) is 18.7 Å². The van der Waals surface area contributed by atoms with Gasteiger partial charge in [0.05, 0.1) is 18.3 Å². The van der Waals surface area contributed by atoms with E-state index in [-0.39, 0.29) is 17.7 Å². The fourth-order valence-corrected chi connectivity index (χ4v) is 3.98. The van der Waals surface area contributed by atoms with Gasteiger partial charge in [0, 0.05) is 31.5 Å². The van der Waals surface area contributed by atoms with Crippen molar-refractivity contribution in [2.75, 3.05) is 27.2 Å². The average molecular weight is 320 g/mol. The minimum absolute atomic E-state index is 0.0466. The maximum Gasteiger partial charge on any atom is 0.161 e. The first kappa shape index (κ1) is 12.8. The number of Topliss-reactive ketones (excluding diaryl/α,β-unsaturated/α-hetero) is 1. The van der Waals surface area contributed by atoms with E-state index in [1.165, 1.54) is 7.11 Å². The van der Waals surface area contributed by atoms with Crippen molar-refractivity contribution in [2.24, 2.45) is 11.8 Å². The molecule has 0 radical (unpaired) electrons. The Morgan fingerprint density at radius 1 is 1.35 bits per heavy atom. The van der Waals surface area contributed by atoms with Gasteiger partial charge in [-0.1, -0.05) is 13.8 Å². The first-order valence-electron chi connectivity index (χ1n) is 9.84. The van der Waals surface area contributed by atoms with Crippen LogP contribution in [0.15, 0.2) is 12.1 Å². The molecule has 2 atom stereocenters. The molecule has 2 unspecified atom stereocenters.